The molecule has 4 aromatic rings. The lowest BCUT2D eigenvalue weighted by atomic mass is 10.1. The SMILES string of the molecule is Nc1cnc(-c2ccc(CN(Cc3ccccc3)C(=O)c3cc(=O)[nH]c(=O)[nH]3)c(OC(F)(F)F)c2)cn1. The number of nitrogens with two attached hydrogens (primary N) is 1. The minimum atomic E-state index is -5.02. The van der Waals surface area contributed by atoms with Crippen molar-refractivity contribution < 1.29 is 22.7 Å². The van der Waals surface area contributed by atoms with E-state index in [0.717, 1.165) is 12.1 Å². The van der Waals surface area contributed by atoms with Crippen LogP contribution < -0.4 is 21.7 Å². The first-order valence-electron chi connectivity index (χ1n) is 10.7. The number of aromatic nitrogens is 4. The van der Waals surface area contributed by atoms with Crippen molar-refractivity contribution in [2.45, 2.75) is 19.5 Å². The number of hydrogen-bond donors (Lipinski definition) is 3. The summed E-state index contributed by atoms with van der Waals surface area (Å²) >= 11 is 0. The van der Waals surface area contributed by atoms with E-state index >= 15 is 0 Å². The van der Waals surface area contributed by atoms with Crippen LogP contribution in [0.3, 0.4) is 0 Å². The predicted molar refractivity (Wildman–Crippen MR) is 126 cm³/mol. The molecule has 0 spiro atoms. The number of nitrogens with zero attached hydrogens (tertiary/aromatic N) is 3. The Balaban J connectivity index is 1.75. The van der Waals surface area contributed by atoms with E-state index in [4.69, 9.17) is 5.73 Å². The zero-order valence-electron chi connectivity index (χ0n) is 19.0. The molecular formula is C24H19F3N6O4. The summed E-state index contributed by atoms with van der Waals surface area (Å²) in [6.07, 6.45) is -2.46. The second-order valence-electron chi connectivity index (χ2n) is 7.85. The lowest BCUT2D eigenvalue weighted by molar-refractivity contribution is -0.274. The van der Waals surface area contributed by atoms with Gasteiger partial charge in [-0.2, -0.15) is 0 Å². The number of amides is 1. The van der Waals surface area contributed by atoms with Gasteiger partial charge < -0.3 is 20.4 Å². The number of carbonyl (C=O) groups is 1. The standard InChI is InChI=1S/C24H19F3N6O4/c25-24(26,27)37-19-8-15(18-10-30-20(28)11-29-18)6-7-16(19)13-33(12-14-4-2-1-3-5-14)22(35)17-9-21(34)32-23(36)31-17/h1-11H,12-13H2,(H2,28,30)(H2,31,32,34,36). The number of ether oxygens (including phenoxy) is 1. The molecule has 1 amide bonds. The first kappa shape index (κ1) is 25.2. The van der Waals surface area contributed by atoms with Gasteiger partial charge in [-0.15, -0.1) is 13.2 Å². The zero-order valence-corrected chi connectivity index (χ0v) is 19.0. The molecule has 0 aliphatic carbocycles. The second kappa shape index (κ2) is 10.4. The maximum Gasteiger partial charge on any atom is 0.573 e. The van der Waals surface area contributed by atoms with Gasteiger partial charge in [0.2, 0.25) is 0 Å². The van der Waals surface area contributed by atoms with Gasteiger partial charge in [0.1, 0.15) is 17.3 Å². The molecule has 10 nitrogen and oxygen atoms in total. The van der Waals surface area contributed by atoms with Gasteiger partial charge in [-0.3, -0.25) is 19.6 Å². The lowest BCUT2D eigenvalue weighted by Gasteiger charge is -2.24. The molecule has 2 heterocycles. The van der Waals surface area contributed by atoms with Gasteiger partial charge >= 0.3 is 12.1 Å². The van der Waals surface area contributed by atoms with E-state index in [1.807, 2.05) is 4.98 Å². The number of benzene rings is 2. The molecule has 13 heteroatoms. The van der Waals surface area contributed by atoms with Gasteiger partial charge in [0.25, 0.3) is 11.5 Å². The zero-order chi connectivity index (χ0) is 26.6. The molecular weight excluding hydrogens is 493 g/mol. The van der Waals surface area contributed by atoms with Gasteiger partial charge in [0.05, 0.1) is 24.6 Å². The molecule has 0 radical (unpaired) electrons. The summed E-state index contributed by atoms with van der Waals surface area (Å²) in [5.41, 5.74) is 4.71. The molecule has 0 atom stereocenters. The Labute approximate surface area is 206 Å². The van der Waals surface area contributed by atoms with Gasteiger partial charge in [0.15, 0.2) is 0 Å². The van der Waals surface area contributed by atoms with Crippen molar-refractivity contribution in [1.29, 1.82) is 0 Å². The molecule has 4 N–H and O–H groups in total. The average molecular weight is 512 g/mol. The van der Waals surface area contributed by atoms with Crippen LogP contribution in [-0.2, 0) is 13.1 Å². The molecule has 0 aliphatic rings. The summed E-state index contributed by atoms with van der Waals surface area (Å²) in [6.45, 7) is -0.382. The van der Waals surface area contributed by atoms with Crippen LogP contribution in [0.15, 0.2) is 76.6 Å². The van der Waals surface area contributed by atoms with Crippen LogP contribution in [0.1, 0.15) is 21.6 Å². The summed E-state index contributed by atoms with van der Waals surface area (Å²) in [6, 6.07) is 13.5. The van der Waals surface area contributed by atoms with Crippen LogP contribution in [0, 0.1) is 0 Å². The second-order valence-corrected chi connectivity index (χ2v) is 7.85. The highest BCUT2D eigenvalue weighted by molar-refractivity contribution is 5.92. The van der Waals surface area contributed by atoms with Crippen LogP contribution >= 0.6 is 0 Å². The molecule has 4 rings (SSSR count). The Morgan fingerprint density at radius 3 is 2.38 bits per heavy atom. The highest BCUT2D eigenvalue weighted by Crippen LogP contribution is 2.32. The quantitative estimate of drug-likeness (QED) is 0.345. The van der Waals surface area contributed by atoms with Crippen molar-refractivity contribution in [2.75, 3.05) is 5.73 Å². The molecule has 37 heavy (non-hydrogen) atoms. The minimum Gasteiger partial charge on any atom is -0.405 e. The number of aromatic amines is 2. The monoisotopic (exact) mass is 512 g/mol. The normalized spacial score (nSPS) is 11.2. The number of alkyl halides is 3. The van der Waals surface area contributed by atoms with Crippen molar-refractivity contribution in [1.82, 2.24) is 24.8 Å². The highest BCUT2D eigenvalue weighted by atomic mass is 19.4. The number of halogens is 3. The third kappa shape index (κ3) is 6.60. The number of rotatable bonds is 7. The Morgan fingerprint density at radius 1 is 0.973 bits per heavy atom. The first-order chi connectivity index (χ1) is 17.6. The number of carbonyl (C=O) groups excluding carboxylic acids is 1. The van der Waals surface area contributed by atoms with Gasteiger partial charge in [0, 0.05) is 23.7 Å². The van der Waals surface area contributed by atoms with E-state index in [0.29, 0.717) is 5.56 Å². The Morgan fingerprint density at radius 2 is 1.73 bits per heavy atom. The number of nitrogen functional groups attached to an aromatic ring is 1. The number of nitrogens with one attached hydrogen (secondary N) is 2. The summed E-state index contributed by atoms with van der Waals surface area (Å²) in [5, 5.41) is 0. The Hall–Kier alpha value is -4.94. The number of anilines is 1. The molecule has 0 saturated carbocycles. The third-order valence-corrected chi connectivity index (χ3v) is 5.12. The summed E-state index contributed by atoms with van der Waals surface area (Å²) in [5.74, 6) is -1.20. The molecule has 0 bridgehead atoms. The molecule has 2 aromatic carbocycles. The van der Waals surface area contributed by atoms with Gasteiger partial charge in [-0.1, -0.05) is 42.5 Å². The van der Waals surface area contributed by atoms with Crippen molar-refractivity contribution in [3.63, 3.8) is 0 Å². The summed E-state index contributed by atoms with van der Waals surface area (Å²) < 4.78 is 44.1. The van der Waals surface area contributed by atoms with Crippen LogP contribution in [-0.4, -0.2) is 37.1 Å². The molecule has 190 valence electrons. The van der Waals surface area contributed by atoms with Crippen LogP contribution in [0.5, 0.6) is 5.75 Å². The van der Waals surface area contributed by atoms with Crippen LogP contribution in [0.25, 0.3) is 11.3 Å². The van der Waals surface area contributed by atoms with Crippen molar-refractivity contribution in [2.24, 2.45) is 0 Å². The maximum absolute atomic E-state index is 13.3. The van der Waals surface area contributed by atoms with Crippen LogP contribution in [0.2, 0.25) is 0 Å². The third-order valence-electron chi connectivity index (χ3n) is 5.12. The highest BCUT2D eigenvalue weighted by Gasteiger charge is 2.33. The van der Waals surface area contributed by atoms with Gasteiger partial charge in [-0.25, -0.2) is 9.78 Å². The molecule has 0 aliphatic heterocycles. The fourth-order valence-electron chi connectivity index (χ4n) is 3.51. The minimum absolute atomic E-state index is 0.0148. The van der Waals surface area contributed by atoms with E-state index in [-0.39, 0.29) is 41.4 Å². The van der Waals surface area contributed by atoms with Crippen LogP contribution in [0.4, 0.5) is 19.0 Å². The smallest absolute Gasteiger partial charge is 0.405 e. The van der Waals surface area contributed by atoms with Crippen molar-refractivity contribution in [3.05, 3.63) is 105 Å². The fourth-order valence-corrected chi connectivity index (χ4v) is 3.51. The number of H-pyrrole nitrogens is 2. The molecule has 0 saturated heterocycles. The van der Waals surface area contributed by atoms with Crippen molar-refractivity contribution in [3.8, 4) is 17.0 Å². The predicted octanol–water partition coefficient (Wildman–Crippen LogP) is 2.84. The van der Waals surface area contributed by atoms with E-state index in [9.17, 15) is 27.6 Å². The summed E-state index contributed by atoms with van der Waals surface area (Å²) in [7, 11) is 0. The molecule has 2 aromatic heterocycles. The van der Waals surface area contributed by atoms with E-state index in [1.54, 1.807) is 30.3 Å². The largest absolute Gasteiger partial charge is 0.573 e. The average Bonchev–Trinajstić information content (AvgIpc) is 2.84. The Bertz CT molecular complexity index is 1490. The topological polar surface area (TPSA) is 147 Å². The molecule has 0 fully saturated rings. The van der Waals surface area contributed by atoms with E-state index in [2.05, 4.69) is 19.7 Å². The molecule has 0 unspecified atom stereocenters. The fraction of sp³-hybridized carbons (Fsp3) is 0.125. The van der Waals surface area contributed by atoms with E-state index < -0.39 is 29.3 Å². The van der Waals surface area contributed by atoms with Gasteiger partial charge in [-0.05, 0) is 11.6 Å². The lowest BCUT2D eigenvalue weighted by Crippen LogP contribution is -2.34. The van der Waals surface area contributed by atoms with Crippen molar-refractivity contribution >= 4 is 11.7 Å². The maximum atomic E-state index is 13.3. The first-order valence-corrected chi connectivity index (χ1v) is 10.7. The number of hydrogen-bond acceptors (Lipinski definition) is 7. The Kier molecular flexibility index (Phi) is 7.04. The summed E-state index contributed by atoms with van der Waals surface area (Å²) in [4.78, 5) is 50.1. The van der Waals surface area contributed by atoms with E-state index in [1.165, 1.54) is 29.4 Å².